The Balaban J connectivity index is 3.20. The molecular formula is C9H21N3OSi2. The zero-order valence-corrected chi connectivity index (χ0v) is 12.7. The molecular weight excluding hydrogens is 222 g/mol. The Morgan fingerprint density at radius 2 is 1.40 bits per heavy atom. The molecule has 0 aromatic carbocycles. The van der Waals surface area contributed by atoms with Gasteiger partial charge in [-0.1, -0.05) is 44.4 Å². The number of aromatic nitrogens is 2. The van der Waals surface area contributed by atoms with Gasteiger partial charge >= 0.3 is 0 Å². The molecule has 0 unspecified atom stereocenters. The number of anilines is 1. The fourth-order valence-corrected chi connectivity index (χ4v) is 11.8. The van der Waals surface area contributed by atoms with E-state index in [-0.39, 0.29) is 0 Å². The molecule has 4 nitrogen and oxygen atoms in total. The summed E-state index contributed by atoms with van der Waals surface area (Å²) in [6.45, 7) is 16.0. The van der Waals surface area contributed by atoms with Crippen LogP contribution in [0.1, 0.15) is 5.69 Å². The van der Waals surface area contributed by atoms with E-state index in [1.807, 2.05) is 6.92 Å². The standard InChI is InChI=1S/C9H21N3OSi2/c1-8-9(11-13-10-8)12(14(2,3)4)15(5,6)7/h1-7H3. The topological polar surface area (TPSA) is 42.2 Å². The number of nitrogens with zero attached hydrogens (tertiary/aromatic N) is 3. The first-order valence-corrected chi connectivity index (χ1v) is 12.1. The van der Waals surface area contributed by atoms with Crippen molar-refractivity contribution < 1.29 is 4.63 Å². The molecule has 0 fully saturated rings. The molecule has 1 heterocycles. The fourth-order valence-electron chi connectivity index (χ4n) is 2.07. The van der Waals surface area contributed by atoms with Gasteiger partial charge in [0.25, 0.3) is 0 Å². The van der Waals surface area contributed by atoms with Crippen LogP contribution >= 0.6 is 0 Å². The summed E-state index contributed by atoms with van der Waals surface area (Å²) in [4.78, 5) is 0. The van der Waals surface area contributed by atoms with E-state index in [0.29, 0.717) is 0 Å². The molecule has 1 rings (SSSR count). The van der Waals surface area contributed by atoms with Gasteiger partial charge in [0.1, 0.15) is 22.2 Å². The van der Waals surface area contributed by atoms with E-state index in [9.17, 15) is 0 Å². The minimum Gasteiger partial charge on any atom is -0.405 e. The molecule has 0 atom stereocenters. The summed E-state index contributed by atoms with van der Waals surface area (Å²) < 4.78 is 7.33. The zero-order chi connectivity index (χ0) is 11.9. The maximum absolute atomic E-state index is 4.82. The summed E-state index contributed by atoms with van der Waals surface area (Å²) in [5.41, 5.74) is 0.903. The van der Waals surface area contributed by atoms with Gasteiger partial charge in [-0.05, 0) is 12.1 Å². The monoisotopic (exact) mass is 243 g/mol. The molecule has 1 aromatic heterocycles. The van der Waals surface area contributed by atoms with Crippen molar-refractivity contribution in [3.8, 4) is 0 Å². The van der Waals surface area contributed by atoms with E-state index >= 15 is 0 Å². The Bertz CT molecular complexity index is 324. The zero-order valence-electron chi connectivity index (χ0n) is 10.7. The van der Waals surface area contributed by atoms with Crippen LogP contribution in [0.3, 0.4) is 0 Å². The Labute approximate surface area is 93.8 Å². The fraction of sp³-hybridized carbons (Fsp3) is 0.778. The van der Waals surface area contributed by atoms with E-state index in [0.717, 1.165) is 11.5 Å². The highest BCUT2D eigenvalue weighted by atomic mass is 28.4. The second-order valence-corrected chi connectivity index (χ2v) is 15.9. The van der Waals surface area contributed by atoms with Crippen LogP contribution < -0.4 is 4.23 Å². The van der Waals surface area contributed by atoms with E-state index in [1.165, 1.54) is 0 Å². The molecule has 0 bridgehead atoms. The van der Waals surface area contributed by atoms with Crippen LogP contribution in [0.25, 0.3) is 0 Å². The van der Waals surface area contributed by atoms with Gasteiger partial charge in [-0.3, -0.25) is 0 Å². The molecule has 0 aliphatic rings. The molecule has 0 saturated heterocycles. The second-order valence-electron chi connectivity index (χ2n) is 5.85. The number of hydrogen-bond acceptors (Lipinski definition) is 4. The third kappa shape index (κ3) is 2.69. The van der Waals surface area contributed by atoms with Crippen LogP contribution in [0.4, 0.5) is 5.82 Å². The molecule has 1 aromatic rings. The second kappa shape index (κ2) is 3.75. The number of hydrogen-bond donors (Lipinski definition) is 0. The predicted octanol–water partition coefficient (Wildman–Crippen LogP) is 2.85. The maximum Gasteiger partial charge on any atom is 0.180 e. The van der Waals surface area contributed by atoms with Crippen molar-refractivity contribution in [2.24, 2.45) is 0 Å². The Morgan fingerprint density at radius 1 is 0.933 bits per heavy atom. The third-order valence-corrected chi connectivity index (χ3v) is 9.31. The smallest absolute Gasteiger partial charge is 0.180 e. The highest BCUT2D eigenvalue weighted by molar-refractivity contribution is 6.99. The highest BCUT2D eigenvalue weighted by Crippen LogP contribution is 2.28. The lowest BCUT2D eigenvalue weighted by atomic mass is 10.5. The van der Waals surface area contributed by atoms with Crippen LogP contribution in [0.5, 0.6) is 0 Å². The summed E-state index contributed by atoms with van der Waals surface area (Å²) >= 11 is 0. The molecule has 0 radical (unpaired) electrons. The first-order valence-electron chi connectivity index (χ1n) is 5.23. The Morgan fingerprint density at radius 3 is 1.67 bits per heavy atom. The molecule has 86 valence electrons. The van der Waals surface area contributed by atoms with Gasteiger partial charge in [0, 0.05) is 0 Å². The average Bonchev–Trinajstić information content (AvgIpc) is 2.30. The summed E-state index contributed by atoms with van der Waals surface area (Å²) in [6, 6.07) is 0. The molecule has 0 aliphatic heterocycles. The molecule has 0 N–H and O–H groups in total. The summed E-state index contributed by atoms with van der Waals surface area (Å²) in [7, 11) is -2.85. The number of rotatable bonds is 3. The van der Waals surface area contributed by atoms with Gasteiger partial charge < -0.3 is 4.23 Å². The maximum atomic E-state index is 4.82. The molecule has 6 heteroatoms. The van der Waals surface area contributed by atoms with Crippen molar-refractivity contribution in [1.29, 1.82) is 0 Å². The average molecular weight is 243 g/mol. The molecule has 0 amide bonds. The molecule has 0 spiro atoms. The first kappa shape index (κ1) is 12.4. The van der Waals surface area contributed by atoms with Crippen LogP contribution in [-0.4, -0.2) is 26.8 Å². The lowest BCUT2D eigenvalue weighted by molar-refractivity contribution is 0.306. The van der Waals surface area contributed by atoms with Gasteiger partial charge in [0.2, 0.25) is 0 Å². The molecule has 15 heavy (non-hydrogen) atoms. The van der Waals surface area contributed by atoms with Gasteiger partial charge in [-0.25, -0.2) is 4.63 Å². The van der Waals surface area contributed by atoms with Crippen LogP contribution in [0.2, 0.25) is 39.3 Å². The van der Waals surface area contributed by atoms with Crippen LogP contribution in [0, 0.1) is 6.92 Å². The third-order valence-electron chi connectivity index (χ3n) is 2.18. The lowest BCUT2D eigenvalue weighted by Gasteiger charge is -2.43. The number of aryl methyl sites for hydroxylation is 1. The highest BCUT2D eigenvalue weighted by Gasteiger charge is 2.37. The van der Waals surface area contributed by atoms with Gasteiger partial charge in [-0.2, -0.15) is 0 Å². The quantitative estimate of drug-likeness (QED) is 0.766. The van der Waals surface area contributed by atoms with Gasteiger partial charge in [-0.15, -0.1) is 0 Å². The predicted molar refractivity (Wildman–Crippen MR) is 68.2 cm³/mol. The van der Waals surface area contributed by atoms with E-state index in [2.05, 4.69) is 53.8 Å². The van der Waals surface area contributed by atoms with Crippen molar-refractivity contribution >= 4 is 22.3 Å². The largest absolute Gasteiger partial charge is 0.405 e. The van der Waals surface area contributed by atoms with Crippen molar-refractivity contribution in [3.05, 3.63) is 5.69 Å². The SMILES string of the molecule is Cc1nonc1N([Si](C)(C)C)[Si](C)(C)C. The molecule has 0 aliphatic carbocycles. The van der Waals surface area contributed by atoms with Gasteiger partial charge in [0.05, 0.1) is 0 Å². The molecule has 0 saturated carbocycles. The van der Waals surface area contributed by atoms with Crippen LogP contribution in [0.15, 0.2) is 4.63 Å². The van der Waals surface area contributed by atoms with E-state index < -0.39 is 16.5 Å². The van der Waals surface area contributed by atoms with Crippen molar-refractivity contribution in [2.75, 3.05) is 4.23 Å². The van der Waals surface area contributed by atoms with E-state index in [1.54, 1.807) is 0 Å². The van der Waals surface area contributed by atoms with E-state index in [4.69, 9.17) is 4.63 Å². The first-order chi connectivity index (χ1) is 6.64. The Hall–Kier alpha value is -0.626. The normalized spacial score (nSPS) is 13.0. The minimum absolute atomic E-state index is 0.903. The summed E-state index contributed by atoms with van der Waals surface area (Å²) in [5.74, 6) is 0.952. The van der Waals surface area contributed by atoms with Crippen molar-refractivity contribution in [2.45, 2.75) is 46.2 Å². The minimum atomic E-state index is -1.43. The van der Waals surface area contributed by atoms with Crippen molar-refractivity contribution in [1.82, 2.24) is 10.3 Å². The lowest BCUT2D eigenvalue weighted by Crippen LogP contribution is -2.60. The van der Waals surface area contributed by atoms with Crippen LogP contribution in [-0.2, 0) is 0 Å². The van der Waals surface area contributed by atoms with Gasteiger partial charge in [0.15, 0.2) is 5.82 Å². The summed E-state index contributed by atoms with van der Waals surface area (Å²) in [6.07, 6.45) is 0. The Kier molecular flexibility index (Phi) is 3.11. The summed E-state index contributed by atoms with van der Waals surface area (Å²) in [5, 5.41) is 7.94. The van der Waals surface area contributed by atoms with Crippen molar-refractivity contribution in [3.63, 3.8) is 0 Å².